The second-order valence-electron chi connectivity index (χ2n) is 13.7. The predicted octanol–water partition coefficient (Wildman–Crippen LogP) is 2.86. The summed E-state index contributed by atoms with van der Waals surface area (Å²) in [4.78, 5) is 64.9. The molecule has 11 heteroatoms. The molecule has 0 spiro atoms. The Labute approximate surface area is 245 Å². The number of hydrogen-bond donors (Lipinski definition) is 0. The molecule has 2 aliphatic heterocycles. The Hall–Kier alpha value is -2.79. The maximum Gasteiger partial charge on any atom is 0.341 e. The Morgan fingerprint density at radius 2 is 1.40 bits per heavy atom. The van der Waals surface area contributed by atoms with Crippen LogP contribution in [0, 0.1) is 29.1 Å². The number of fused-ring (bicyclic) bond motifs is 1. The summed E-state index contributed by atoms with van der Waals surface area (Å²) in [5.74, 6) is -4.43. The Bertz CT molecular complexity index is 1270. The van der Waals surface area contributed by atoms with Crippen molar-refractivity contribution < 1.29 is 52.4 Å². The van der Waals surface area contributed by atoms with Crippen LogP contribution < -0.4 is 0 Å². The van der Waals surface area contributed by atoms with Gasteiger partial charge < -0.3 is 28.4 Å². The first kappa shape index (κ1) is 30.7. The highest BCUT2D eigenvalue weighted by molar-refractivity contribution is 5.96. The van der Waals surface area contributed by atoms with Crippen LogP contribution in [0.25, 0.3) is 0 Å². The average Bonchev–Trinajstić information content (AvgIpc) is 3.78. The highest BCUT2D eigenvalue weighted by Gasteiger charge is 2.84. The standard InChI is InChI=1S/C31H42O11/c1-13-11-31-26(39-19(7)34)14(2)12-30(31,42-31)25(35)15(3)23(38-18(6)33)20-21(28(20,8)9)24(22(13)37-17(5)32)40-27(36)29(10)16(4)41-29/h11,14-16,20-24,26H,12H2,1-10H3/b13-11+/t14-,15+,16?,20-,21+,22+,23-,24?,26-,29?,30-,31-/m0/s1. The first-order valence-corrected chi connectivity index (χ1v) is 14.7. The zero-order valence-corrected chi connectivity index (χ0v) is 26.0. The molecule has 42 heavy (non-hydrogen) atoms. The molecule has 11 nitrogen and oxygen atoms in total. The average molecular weight is 591 g/mol. The van der Waals surface area contributed by atoms with Gasteiger partial charge in [-0.1, -0.05) is 27.7 Å². The lowest BCUT2D eigenvalue weighted by atomic mass is 9.80. The molecule has 5 rings (SSSR count). The second-order valence-corrected chi connectivity index (χ2v) is 13.7. The molecule has 2 heterocycles. The number of ketones is 1. The number of hydrogen-bond acceptors (Lipinski definition) is 11. The second kappa shape index (κ2) is 9.61. The van der Waals surface area contributed by atoms with Crippen molar-refractivity contribution in [1.29, 1.82) is 0 Å². The molecule has 0 aromatic carbocycles. The van der Waals surface area contributed by atoms with Gasteiger partial charge in [0.25, 0.3) is 0 Å². The van der Waals surface area contributed by atoms with E-state index in [0.29, 0.717) is 5.57 Å². The third kappa shape index (κ3) is 4.41. The van der Waals surface area contributed by atoms with Gasteiger partial charge in [-0.2, -0.15) is 0 Å². The quantitative estimate of drug-likeness (QED) is 0.201. The summed E-state index contributed by atoms with van der Waals surface area (Å²) in [6.07, 6.45) is -2.10. The van der Waals surface area contributed by atoms with Gasteiger partial charge in [0.1, 0.15) is 18.3 Å². The summed E-state index contributed by atoms with van der Waals surface area (Å²) in [6, 6.07) is 0. The SMILES string of the molecule is CC(=O)O[C@@H]1[C@@H]2[C@H](C(OC(=O)C3(C)OC3C)[C@H](OC(C)=O)/C(C)=C/[C@@]34O[C@@]3(C[C@H](C)[C@@H]4OC(C)=O)C(=O)[C@@H]1C)C2(C)C. The Balaban J connectivity index is 1.69. The molecule has 3 aliphatic carbocycles. The largest absolute Gasteiger partial charge is 0.461 e. The molecule has 2 saturated carbocycles. The Morgan fingerprint density at radius 1 is 0.857 bits per heavy atom. The minimum absolute atomic E-state index is 0.239. The van der Waals surface area contributed by atoms with Gasteiger partial charge in [0, 0.05) is 32.6 Å². The van der Waals surface area contributed by atoms with E-state index in [2.05, 4.69) is 0 Å². The fourth-order valence-electron chi connectivity index (χ4n) is 7.99. The summed E-state index contributed by atoms with van der Waals surface area (Å²) >= 11 is 0. The fourth-order valence-corrected chi connectivity index (χ4v) is 7.99. The van der Waals surface area contributed by atoms with E-state index in [-0.39, 0.29) is 24.2 Å². The first-order chi connectivity index (χ1) is 19.3. The fraction of sp³-hybridized carbons (Fsp3) is 0.774. The molecule has 4 fully saturated rings. The van der Waals surface area contributed by atoms with E-state index in [1.807, 2.05) is 20.8 Å². The molecule has 0 amide bonds. The van der Waals surface area contributed by atoms with E-state index in [9.17, 15) is 24.0 Å². The number of carbonyl (C=O) groups is 5. The van der Waals surface area contributed by atoms with Gasteiger partial charge in [-0.05, 0) is 50.2 Å². The van der Waals surface area contributed by atoms with Gasteiger partial charge in [-0.15, -0.1) is 0 Å². The van der Waals surface area contributed by atoms with E-state index in [1.165, 1.54) is 20.8 Å². The minimum Gasteiger partial charge on any atom is -0.461 e. The van der Waals surface area contributed by atoms with Crippen LogP contribution in [0.5, 0.6) is 0 Å². The Kier molecular flexibility index (Phi) is 7.01. The lowest BCUT2D eigenvalue weighted by Gasteiger charge is -2.31. The van der Waals surface area contributed by atoms with E-state index in [0.717, 1.165) is 0 Å². The molecule has 12 atom stereocenters. The van der Waals surface area contributed by atoms with Crippen LogP contribution in [0.4, 0.5) is 0 Å². The topological polar surface area (TPSA) is 147 Å². The Morgan fingerprint density at radius 3 is 1.93 bits per heavy atom. The summed E-state index contributed by atoms with van der Waals surface area (Å²) in [5, 5.41) is 0. The number of ether oxygens (including phenoxy) is 6. The van der Waals surface area contributed by atoms with Crippen molar-refractivity contribution in [1.82, 2.24) is 0 Å². The van der Waals surface area contributed by atoms with Crippen LogP contribution in [0.15, 0.2) is 11.6 Å². The summed E-state index contributed by atoms with van der Waals surface area (Å²) in [5.41, 5.74) is -3.89. The maximum atomic E-state index is 14.4. The van der Waals surface area contributed by atoms with Crippen molar-refractivity contribution in [2.75, 3.05) is 0 Å². The summed E-state index contributed by atoms with van der Waals surface area (Å²) in [7, 11) is 0. The minimum atomic E-state index is -1.33. The van der Waals surface area contributed by atoms with Gasteiger partial charge in [0.2, 0.25) is 0 Å². The normalized spacial score (nSPS) is 47.6. The number of rotatable bonds is 5. The third-order valence-corrected chi connectivity index (χ3v) is 10.4. The molecule has 0 bridgehead atoms. The zero-order chi connectivity index (χ0) is 31.3. The van der Waals surface area contributed by atoms with Crippen LogP contribution in [-0.4, -0.2) is 77.0 Å². The lowest BCUT2D eigenvalue weighted by molar-refractivity contribution is -0.171. The molecule has 0 aromatic rings. The van der Waals surface area contributed by atoms with Crippen LogP contribution in [-0.2, 0) is 52.4 Å². The van der Waals surface area contributed by atoms with Crippen LogP contribution in [0.3, 0.4) is 0 Å². The number of epoxide rings is 2. The van der Waals surface area contributed by atoms with E-state index in [1.54, 1.807) is 33.8 Å². The summed E-state index contributed by atoms with van der Waals surface area (Å²) < 4.78 is 35.5. The van der Waals surface area contributed by atoms with Crippen LogP contribution >= 0.6 is 0 Å². The van der Waals surface area contributed by atoms with Gasteiger partial charge in [-0.25, -0.2) is 4.79 Å². The predicted molar refractivity (Wildman–Crippen MR) is 145 cm³/mol. The maximum absolute atomic E-state index is 14.4. The van der Waals surface area contributed by atoms with Gasteiger partial charge in [0.05, 0.1) is 12.0 Å². The monoisotopic (exact) mass is 590 g/mol. The number of carbonyl (C=O) groups excluding carboxylic acids is 5. The summed E-state index contributed by atoms with van der Waals surface area (Å²) in [6.45, 7) is 16.5. The van der Waals surface area contributed by atoms with Crippen molar-refractivity contribution in [3.8, 4) is 0 Å². The van der Waals surface area contributed by atoms with Gasteiger partial charge in [-0.3, -0.25) is 19.2 Å². The van der Waals surface area contributed by atoms with Crippen LogP contribution in [0.1, 0.15) is 75.7 Å². The number of esters is 4. The number of Topliss-reactive ketones (excluding diaryl/α,β-unsaturated/α-hetero) is 1. The highest BCUT2D eigenvalue weighted by Crippen LogP contribution is 2.69. The third-order valence-electron chi connectivity index (χ3n) is 10.4. The molecule has 2 saturated heterocycles. The van der Waals surface area contributed by atoms with Crippen molar-refractivity contribution in [2.24, 2.45) is 29.1 Å². The molecule has 232 valence electrons. The van der Waals surface area contributed by atoms with Crippen molar-refractivity contribution in [3.05, 3.63) is 11.6 Å². The van der Waals surface area contributed by atoms with Gasteiger partial charge >= 0.3 is 23.9 Å². The molecule has 0 aromatic heterocycles. The van der Waals surface area contributed by atoms with E-state index < -0.39 is 88.3 Å². The molecule has 0 N–H and O–H groups in total. The molecular formula is C31H42O11. The molecule has 5 aliphatic rings. The van der Waals surface area contributed by atoms with Crippen molar-refractivity contribution in [2.45, 2.75) is 123 Å². The van der Waals surface area contributed by atoms with E-state index in [4.69, 9.17) is 28.4 Å². The van der Waals surface area contributed by atoms with Crippen LogP contribution in [0.2, 0.25) is 0 Å². The van der Waals surface area contributed by atoms with Crippen molar-refractivity contribution in [3.63, 3.8) is 0 Å². The molecular weight excluding hydrogens is 548 g/mol. The zero-order valence-electron chi connectivity index (χ0n) is 26.0. The van der Waals surface area contributed by atoms with Gasteiger partial charge in [0.15, 0.2) is 28.7 Å². The van der Waals surface area contributed by atoms with Crippen molar-refractivity contribution >= 4 is 29.7 Å². The molecule has 0 radical (unpaired) electrons. The highest BCUT2D eigenvalue weighted by atomic mass is 16.7. The first-order valence-electron chi connectivity index (χ1n) is 14.7. The molecule has 3 unspecified atom stereocenters. The smallest absolute Gasteiger partial charge is 0.341 e. The lowest BCUT2D eigenvalue weighted by Crippen LogP contribution is -2.43. The van der Waals surface area contributed by atoms with E-state index >= 15 is 0 Å².